The van der Waals surface area contributed by atoms with E-state index in [9.17, 15) is 14.4 Å². The van der Waals surface area contributed by atoms with E-state index < -0.39 is 12.1 Å². The minimum absolute atomic E-state index is 0.00847. The third-order valence-corrected chi connectivity index (χ3v) is 7.25. The number of fused-ring (bicyclic) bond motifs is 3. The molecular formula is C28H34N2O5. The van der Waals surface area contributed by atoms with Crippen molar-refractivity contribution >= 4 is 18.0 Å². The van der Waals surface area contributed by atoms with Crippen LogP contribution in [0.3, 0.4) is 0 Å². The van der Waals surface area contributed by atoms with Crippen LogP contribution in [0, 0.1) is 17.8 Å². The van der Waals surface area contributed by atoms with Crippen molar-refractivity contribution in [2.45, 2.75) is 44.9 Å². The van der Waals surface area contributed by atoms with Crippen LogP contribution in [-0.4, -0.2) is 42.8 Å². The largest absolute Gasteiger partial charge is 0.481 e. The lowest BCUT2D eigenvalue weighted by Crippen LogP contribution is -2.43. The Bertz CT molecular complexity index is 1020. The molecule has 4 rings (SSSR count). The number of carboxylic acids is 1. The molecular weight excluding hydrogens is 444 g/mol. The lowest BCUT2D eigenvalue weighted by Gasteiger charge is -2.31. The van der Waals surface area contributed by atoms with Crippen molar-refractivity contribution in [3.8, 4) is 11.1 Å². The number of hydrogen-bond acceptors (Lipinski definition) is 4. The van der Waals surface area contributed by atoms with Crippen LogP contribution in [-0.2, 0) is 14.3 Å². The van der Waals surface area contributed by atoms with Crippen LogP contribution in [0.1, 0.15) is 56.1 Å². The Morgan fingerprint density at radius 1 is 0.971 bits per heavy atom. The molecule has 2 aromatic rings. The number of carboxylic acid groups (broad SMARTS) is 1. The first kappa shape index (κ1) is 24.8. The monoisotopic (exact) mass is 478 g/mol. The molecule has 0 bridgehead atoms. The number of amides is 2. The molecule has 3 atom stereocenters. The van der Waals surface area contributed by atoms with Gasteiger partial charge in [-0.25, -0.2) is 4.79 Å². The van der Waals surface area contributed by atoms with E-state index in [0.29, 0.717) is 13.1 Å². The third kappa shape index (κ3) is 6.02. The smallest absolute Gasteiger partial charge is 0.407 e. The van der Waals surface area contributed by atoms with Gasteiger partial charge in [-0.1, -0.05) is 68.3 Å². The molecule has 2 aromatic carbocycles. The number of rotatable bonds is 9. The number of nitrogens with one attached hydrogen (secondary N) is 2. The maximum Gasteiger partial charge on any atom is 0.407 e. The zero-order chi connectivity index (χ0) is 24.8. The highest BCUT2D eigenvalue weighted by atomic mass is 16.5. The van der Waals surface area contributed by atoms with E-state index in [1.807, 2.05) is 31.2 Å². The van der Waals surface area contributed by atoms with Crippen LogP contribution in [0.5, 0.6) is 0 Å². The third-order valence-electron chi connectivity index (χ3n) is 7.25. The van der Waals surface area contributed by atoms with Gasteiger partial charge in [0.25, 0.3) is 0 Å². The summed E-state index contributed by atoms with van der Waals surface area (Å²) in [5.74, 6) is -1.18. The number of alkyl carbamates (subject to hydrolysis) is 1. The Hall–Kier alpha value is -3.35. The highest BCUT2D eigenvalue weighted by Crippen LogP contribution is 2.44. The minimum atomic E-state index is -0.866. The molecule has 186 valence electrons. The molecule has 7 heteroatoms. The van der Waals surface area contributed by atoms with Crippen LogP contribution < -0.4 is 10.6 Å². The van der Waals surface area contributed by atoms with Gasteiger partial charge in [0, 0.05) is 31.3 Å². The van der Waals surface area contributed by atoms with Gasteiger partial charge >= 0.3 is 12.1 Å². The van der Waals surface area contributed by atoms with E-state index in [1.54, 1.807) is 0 Å². The fourth-order valence-electron chi connectivity index (χ4n) is 5.44. The summed E-state index contributed by atoms with van der Waals surface area (Å²) < 4.78 is 5.64. The van der Waals surface area contributed by atoms with Crippen molar-refractivity contribution in [3.05, 3.63) is 59.7 Å². The maximum absolute atomic E-state index is 12.8. The summed E-state index contributed by atoms with van der Waals surface area (Å²) in [6.45, 7) is 2.80. The molecule has 0 saturated heterocycles. The Morgan fingerprint density at radius 2 is 1.60 bits per heavy atom. The first-order valence-corrected chi connectivity index (χ1v) is 12.5. The molecule has 3 unspecified atom stereocenters. The van der Waals surface area contributed by atoms with Crippen LogP contribution >= 0.6 is 0 Å². The fourth-order valence-corrected chi connectivity index (χ4v) is 5.44. The van der Waals surface area contributed by atoms with E-state index in [0.717, 1.165) is 25.7 Å². The molecule has 7 nitrogen and oxygen atoms in total. The normalized spacial score (nSPS) is 19.8. The molecule has 0 radical (unpaired) electrons. The van der Waals surface area contributed by atoms with Crippen molar-refractivity contribution in [1.82, 2.24) is 10.6 Å². The Labute approximate surface area is 206 Å². The van der Waals surface area contributed by atoms with Crippen molar-refractivity contribution < 1.29 is 24.2 Å². The summed E-state index contributed by atoms with van der Waals surface area (Å²) >= 11 is 0. The van der Waals surface area contributed by atoms with Crippen LogP contribution in [0.15, 0.2) is 48.5 Å². The lowest BCUT2D eigenvalue weighted by atomic mass is 9.78. The zero-order valence-corrected chi connectivity index (χ0v) is 20.2. The van der Waals surface area contributed by atoms with E-state index in [-0.39, 0.29) is 42.6 Å². The summed E-state index contributed by atoms with van der Waals surface area (Å²) in [7, 11) is 0. The number of carbonyl (C=O) groups is 3. The van der Waals surface area contributed by atoms with E-state index in [1.165, 1.54) is 22.3 Å². The van der Waals surface area contributed by atoms with E-state index in [4.69, 9.17) is 9.84 Å². The summed E-state index contributed by atoms with van der Waals surface area (Å²) in [4.78, 5) is 36.2. The van der Waals surface area contributed by atoms with Crippen LogP contribution in [0.2, 0.25) is 0 Å². The number of carbonyl (C=O) groups excluding carboxylic acids is 2. The average Bonchev–Trinajstić information content (AvgIpc) is 3.18. The Morgan fingerprint density at radius 3 is 2.26 bits per heavy atom. The highest BCUT2D eigenvalue weighted by molar-refractivity contribution is 5.80. The topological polar surface area (TPSA) is 105 Å². The van der Waals surface area contributed by atoms with Gasteiger partial charge in [0.1, 0.15) is 6.61 Å². The summed E-state index contributed by atoms with van der Waals surface area (Å²) in [6, 6.07) is 16.4. The van der Waals surface area contributed by atoms with Crippen LogP contribution in [0.4, 0.5) is 4.79 Å². The summed E-state index contributed by atoms with van der Waals surface area (Å²) in [6.07, 6.45) is 3.20. The van der Waals surface area contributed by atoms with E-state index >= 15 is 0 Å². The molecule has 1 saturated carbocycles. The van der Waals surface area contributed by atoms with Gasteiger partial charge in [0.05, 0.1) is 0 Å². The van der Waals surface area contributed by atoms with E-state index in [2.05, 4.69) is 34.9 Å². The molecule has 0 spiro atoms. The van der Waals surface area contributed by atoms with Crippen molar-refractivity contribution in [2.75, 3.05) is 19.7 Å². The van der Waals surface area contributed by atoms with Gasteiger partial charge in [-0.15, -0.1) is 0 Å². The Kier molecular flexibility index (Phi) is 8.06. The minimum Gasteiger partial charge on any atom is -0.481 e. The first-order chi connectivity index (χ1) is 16.9. The molecule has 1 fully saturated rings. The zero-order valence-electron chi connectivity index (χ0n) is 20.2. The van der Waals surface area contributed by atoms with Gasteiger partial charge in [-0.05, 0) is 46.9 Å². The second-order valence-electron chi connectivity index (χ2n) is 9.81. The van der Waals surface area contributed by atoms with Gasteiger partial charge in [0.15, 0.2) is 0 Å². The molecule has 2 aliphatic carbocycles. The molecule has 3 N–H and O–H groups in total. The quantitative estimate of drug-likeness (QED) is 0.490. The first-order valence-electron chi connectivity index (χ1n) is 12.5. The summed E-state index contributed by atoms with van der Waals surface area (Å²) in [5, 5.41) is 14.7. The second-order valence-corrected chi connectivity index (χ2v) is 9.81. The molecule has 2 aliphatic rings. The lowest BCUT2D eigenvalue weighted by molar-refractivity contribution is -0.138. The van der Waals surface area contributed by atoms with Crippen molar-refractivity contribution in [1.29, 1.82) is 0 Å². The molecule has 0 aliphatic heterocycles. The fraction of sp³-hybridized carbons (Fsp3) is 0.464. The molecule has 0 heterocycles. The highest BCUT2D eigenvalue weighted by Gasteiger charge is 2.32. The Balaban J connectivity index is 1.28. The molecule has 35 heavy (non-hydrogen) atoms. The molecule has 2 amide bonds. The predicted octanol–water partition coefficient (Wildman–Crippen LogP) is 4.56. The number of hydrogen-bond donors (Lipinski definition) is 3. The van der Waals surface area contributed by atoms with Gasteiger partial charge < -0.3 is 20.5 Å². The van der Waals surface area contributed by atoms with Crippen molar-refractivity contribution in [3.63, 3.8) is 0 Å². The van der Waals surface area contributed by atoms with Gasteiger partial charge in [-0.2, -0.15) is 0 Å². The molecule has 0 aromatic heterocycles. The number of ether oxygens (including phenoxy) is 1. The predicted molar refractivity (Wildman–Crippen MR) is 133 cm³/mol. The standard InChI is InChI=1S/C28H34N2O5/c1-18(14-26(31)32)15-29-27(33)20-9-3-2-8-19(20)16-30-28(34)35-17-25-23-12-6-4-10-21(23)22-11-5-7-13-24(22)25/h4-7,10-13,18-20,25H,2-3,8-9,14-17H2,1H3,(H,29,33)(H,30,34)(H,31,32). The second kappa shape index (κ2) is 11.4. The van der Waals surface area contributed by atoms with Gasteiger partial charge in [-0.3, -0.25) is 9.59 Å². The van der Waals surface area contributed by atoms with Gasteiger partial charge in [0.2, 0.25) is 5.91 Å². The maximum atomic E-state index is 12.8. The van der Waals surface area contributed by atoms with Crippen LogP contribution in [0.25, 0.3) is 11.1 Å². The SMILES string of the molecule is CC(CNC(=O)C1CCCCC1CNC(=O)OCC1c2ccccc2-c2ccccc21)CC(=O)O. The van der Waals surface area contributed by atoms with Crippen molar-refractivity contribution in [2.24, 2.45) is 17.8 Å². The number of aliphatic carboxylic acids is 1. The summed E-state index contributed by atoms with van der Waals surface area (Å²) in [5.41, 5.74) is 4.71. The average molecular weight is 479 g/mol. The number of benzene rings is 2.